The molecule has 0 aromatic heterocycles. The van der Waals surface area contributed by atoms with Crippen molar-refractivity contribution in [2.75, 3.05) is 18.1 Å². The number of hydrogen-bond donors (Lipinski definition) is 0. The van der Waals surface area contributed by atoms with Crippen molar-refractivity contribution in [3.63, 3.8) is 0 Å². The van der Waals surface area contributed by atoms with Crippen molar-refractivity contribution in [3.8, 4) is 0 Å². The van der Waals surface area contributed by atoms with E-state index in [1.54, 1.807) is 23.5 Å². The Balaban J connectivity index is 1.39. The zero-order valence-electron chi connectivity index (χ0n) is 16.1. The van der Waals surface area contributed by atoms with Gasteiger partial charge < -0.3 is 4.90 Å². The van der Waals surface area contributed by atoms with Gasteiger partial charge in [-0.25, -0.2) is 0 Å². The minimum atomic E-state index is 0.0800. The topological polar surface area (TPSA) is 32.7 Å². The summed E-state index contributed by atoms with van der Waals surface area (Å²) in [7, 11) is 0. The summed E-state index contributed by atoms with van der Waals surface area (Å²) in [6, 6.07) is 8.04. The van der Waals surface area contributed by atoms with Crippen molar-refractivity contribution in [2.24, 2.45) is 22.7 Å². The Morgan fingerprint density at radius 1 is 1.14 bits per heavy atom. The van der Waals surface area contributed by atoms with E-state index in [-0.39, 0.29) is 11.4 Å². The molecule has 6 heteroatoms. The van der Waals surface area contributed by atoms with E-state index in [1.165, 1.54) is 44.1 Å². The lowest BCUT2D eigenvalue weighted by Gasteiger charge is -2.60. The van der Waals surface area contributed by atoms with Gasteiger partial charge in [-0.15, -0.1) is 0 Å². The summed E-state index contributed by atoms with van der Waals surface area (Å²) in [5, 5.41) is 0.753. The predicted molar refractivity (Wildman–Crippen MR) is 120 cm³/mol. The fourth-order valence-corrected chi connectivity index (χ4v) is 8.30. The highest BCUT2D eigenvalue weighted by molar-refractivity contribution is 8.39. The second-order valence-corrected chi connectivity index (χ2v) is 11.8. The molecule has 0 N–H and O–H groups in total. The molecule has 4 saturated carbocycles. The third kappa shape index (κ3) is 3.87. The molecule has 5 aliphatic rings. The lowest BCUT2D eigenvalue weighted by atomic mass is 9.52. The normalized spacial score (nSPS) is 33.2. The van der Waals surface area contributed by atoms with Crippen molar-refractivity contribution in [3.05, 3.63) is 34.9 Å². The van der Waals surface area contributed by atoms with E-state index in [4.69, 9.17) is 11.6 Å². The standard InChI is InChI=1S/C22H27ClN2OS2/c23-19-3-1-15(2-4-19)13-25(20(26)14-28-21-24-5-6-27-21)22-10-16-7-17(11-22)9-18(8-16)12-22/h1-4,16-18H,5-14H2. The van der Waals surface area contributed by atoms with Gasteiger partial charge in [-0.05, 0) is 74.0 Å². The van der Waals surface area contributed by atoms with Crippen LogP contribution in [0.25, 0.3) is 0 Å². The Morgan fingerprint density at radius 2 is 1.79 bits per heavy atom. The van der Waals surface area contributed by atoms with Gasteiger partial charge in [0.1, 0.15) is 4.38 Å². The number of carbonyl (C=O) groups excluding carboxylic acids is 1. The van der Waals surface area contributed by atoms with Crippen molar-refractivity contribution < 1.29 is 4.79 Å². The Kier molecular flexibility index (Phi) is 5.44. The molecular weight excluding hydrogens is 408 g/mol. The van der Waals surface area contributed by atoms with Gasteiger partial charge in [0.25, 0.3) is 0 Å². The number of hydrogen-bond acceptors (Lipinski definition) is 4. The lowest BCUT2D eigenvalue weighted by Crippen LogP contribution is -2.61. The summed E-state index contributed by atoms with van der Waals surface area (Å²) in [6.07, 6.45) is 7.80. The number of rotatable bonds is 5. The van der Waals surface area contributed by atoms with Crippen LogP contribution >= 0.6 is 35.1 Å². The Morgan fingerprint density at radius 3 is 2.36 bits per heavy atom. The van der Waals surface area contributed by atoms with Gasteiger partial charge in [0.15, 0.2) is 0 Å². The highest BCUT2D eigenvalue weighted by atomic mass is 35.5. The average Bonchev–Trinajstić information content (AvgIpc) is 3.18. The number of aliphatic imine (C=N–C) groups is 1. The summed E-state index contributed by atoms with van der Waals surface area (Å²) >= 11 is 9.52. The van der Waals surface area contributed by atoms with E-state index in [0.717, 1.165) is 39.4 Å². The average molecular weight is 435 g/mol. The maximum atomic E-state index is 13.5. The Labute approximate surface area is 181 Å². The molecule has 0 spiro atoms. The quantitative estimate of drug-likeness (QED) is 0.615. The van der Waals surface area contributed by atoms with Crippen LogP contribution in [-0.4, -0.2) is 38.8 Å². The number of halogens is 1. The summed E-state index contributed by atoms with van der Waals surface area (Å²) in [6.45, 7) is 1.60. The van der Waals surface area contributed by atoms with E-state index in [2.05, 4.69) is 22.0 Å². The largest absolute Gasteiger partial charge is 0.332 e. The highest BCUT2D eigenvalue weighted by Gasteiger charge is 2.54. The molecule has 4 fully saturated rings. The number of nitrogens with zero attached hydrogens (tertiary/aromatic N) is 2. The van der Waals surface area contributed by atoms with Crippen molar-refractivity contribution >= 4 is 45.4 Å². The van der Waals surface area contributed by atoms with Crippen LogP contribution in [0, 0.1) is 17.8 Å². The fraction of sp³-hybridized carbons (Fsp3) is 0.636. The Bertz CT molecular complexity index is 744. The minimum Gasteiger partial charge on any atom is -0.332 e. The van der Waals surface area contributed by atoms with E-state index >= 15 is 0 Å². The van der Waals surface area contributed by atoms with Crippen LogP contribution in [-0.2, 0) is 11.3 Å². The first-order valence-corrected chi connectivity index (χ1v) is 12.8. The molecule has 1 aliphatic heterocycles. The second kappa shape index (κ2) is 7.88. The van der Waals surface area contributed by atoms with Crippen LogP contribution in [0.3, 0.4) is 0 Å². The van der Waals surface area contributed by atoms with Crippen LogP contribution in [0.4, 0.5) is 0 Å². The van der Waals surface area contributed by atoms with Crippen LogP contribution in [0.5, 0.6) is 0 Å². The summed E-state index contributed by atoms with van der Waals surface area (Å²) in [5.41, 5.74) is 1.27. The number of thioether (sulfide) groups is 2. The third-order valence-corrected chi connectivity index (χ3v) is 9.50. The maximum absolute atomic E-state index is 13.5. The number of carbonyl (C=O) groups is 1. The predicted octanol–water partition coefficient (Wildman–Crippen LogP) is 5.47. The van der Waals surface area contributed by atoms with Gasteiger partial charge >= 0.3 is 0 Å². The minimum absolute atomic E-state index is 0.0800. The zero-order chi connectivity index (χ0) is 19.1. The van der Waals surface area contributed by atoms with Crippen molar-refractivity contribution in [2.45, 2.75) is 50.6 Å². The molecule has 0 saturated heterocycles. The van der Waals surface area contributed by atoms with Gasteiger partial charge in [-0.3, -0.25) is 9.79 Å². The molecule has 6 rings (SSSR count). The molecule has 28 heavy (non-hydrogen) atoms. The van der Waals surface area contributed by atoms with Gasteiger partial charge in [0.05, 0.1) is 12.3 Å². The Hall–Kier alpha value is -0.650. The molecule has 0 unspecified atom stereocenters. The van der Waals surface area contributed by atoms with Gasteiger partial charge in [-0.2, -0.15) is 0 Å². The molecule has 150 valence electrons. The molecule has 4 bridgehead atoms. The third-order valence-electron chi connectivity index (χ3n) is 7.01. The molecule has 1 aromatic carbocycles. The smallest absolute Gasteiger partial charge is 0.233 e. The molecular formula is C22H27ClN2OS2. The molecule has 0 atom stereocenters. The van der Waals surface area contributed by atoms with Gasteiger partial charge in [-0.1, -0.05) is 47.3 Å². The zero-order valence-corrected chi connectivity index (χ0v) is 18.5. The monoisotopic (exact) mass is 434 g/mol. The maximum Gasteiger partial charge on any atom is 0.233 e. The summed E-state index contributed by atoms with van der Waals surface area (Å²) in [4.78, 5) is 20.3. The first kappa shape index (κ1) is 19.3. The molecule has 4 aliphatic carbocycles. The SMILES string of the molecule is O=C(CSC1=NCCS1)N(Cc1ccc(Cl)cc1)C12CC3CC(CC(C3)C1)C2. The molecule has 1 amide bonds. The van der Waals surface area contributed by atoms with Gasteiger partial charge in [0.2, 0.25) is 5.91 Å². The first-order valence-electron chi connectivity index (χ1n) is 10.4. The lowest BCUT2D eigenvalue weighted by molar-refractivity contribution is -0.149. The van der Waals surface area contributed by atoms with Crippen molar-refractivity contribution in [1.82, 2.24) is 4.90 Å². The number of benzene rings is 1. The van der Waals surface area contributed by atoms with Crippen LogP contribution in [0.15, 0.2) is 29.3 Å². The van der Waals surface area contributed by atoms with Crippen LogP contribution in [0.2, 0.25) is 5.02 Å². The van der Waals surface area contributed by atoms with E-state index in [9.17, 15) is 4.79 Å². The highest BCUT2D eigenvalue weighted by Crippen LogP contribution is 2.58. The van der Waals surface area contributed by atoms with Crippen molar-refractivity contribution in [1.29, 1.82) is 0 Å². The molecule has 3 nitrogen and oxygen atoms in total. The van der Waals surface area contributed by atoms with Crippen LogP contribution < -0.4 is 0 Å². The first-order chi connectivity index (χ1) is 13.6. The van der Waals surface area contributed by atoms with Crippen LogP contribution in [0.1, 0.15) is 44.1 Å². The summed E-state index contributed by atoms with van der Waals surface area (Å²) in [5.74, 6) is 4.34. The van der Waals surface area contributed by atoms with Gasteiger partial charge in [0, 0.05) is 22.9 Å². The molecule has 1 aromatic rings. The van der Waals surface area contributed by atoms with E-state index in [1.807, 2.05) is 12.1 Å². The fourth-order valence-electron chi connectivity index (χ4n) is 6.29. The molecule has 0 radical (unpaired) electrons. The number of amides is 1. The van der Waals surface area contributed by atoms with E-state index in [0.29, 0.717) is 12.3 Å². The summed E-state index contributed by atoms with van der Waals surface area (Å²) < 4.78 is 1.09. The molecule has 1 heterocycles. The second-order valence-electron chi connectivity index (χ2n) is 9.03. The van der Waals surface area contributed by atoms with E-state index < -0.39 is 0 Å².